The van der Waals surface area contributed by atoms with E-state index in [0.29, 0.717) is 5.69 Å². The summed E-state index contributed by atoms with van der Waals surface area (Å²) < 4.78 is 0. The van der Waals surface area contributed by atoms with Gasteiger partial charge in [-0.1, -0.05) is 41.5 Å². The van der Waals surface area contributed by atoms with Crippen LogP contribution >= 0.6 is 0 Å². The molecule has 0 fully saturated rings. The summed E-state index contributed by atoms with van der Waals surface area (Å²) in [6.45, 7) is 12.1. The summed E-state index contributed by atoms with van der Waals surface area (Å²) in [6, 6.07) is 6.07. The fourth-order valence-corrected chi connectivity index (χ4v) is 2.69. The average molecular weight is 357 g/mol. The van der Waals surface area contributed by atoms with Crippen molar-refractivity contribution >= 4 is 11.9 Å². The molecule has 4 N–H and O–H groups in total. The van der Waals surface area contributed by atoms with E-state index in [-0.39, 0.29) is 33.6 Å². The molecule has 2 aromatic rings. The van der Waals surface area contributed by atoms with Gasteiger partial charge in [0, 0.05) is 17.3 Å². The van der Waals surface area contributed by atoms with E-state index in [1.54, 1.807) is 12.1 Å². The van der Waals surface area contributed by atoms with Crippen molar-refractivity contribution in [2.24, 2.45) is 4.99 Å². The Morgan fingerprint density at radius 2 is 1.19 bits per heavy atom. The molecule has 0 aliphatic heterocycles. The normalized spacial score (nSPS) is 12.7. The van der Waals surface area contributed by atoms with E-state index >= 15 is 0 Å². The lowest BCUT2D eigenvalue weighted by Gasteiger charge is -2.27. The van der Waals surface area contributed by atoms with Gasteiger partial charge >= 0.3 is 0 Å². The molecule has 5 nitrogen and oxygen atoms in total. The molecular formula is C21H27NO4. The third kappa shape index (κ3) is 3.93. The van der Waals surface area contributed by atoms with Crippen molar-refractivity contribution in [3.63, 3.8) is 0 Å². The van der Waals surface area contributed by atoms with Gasteiger partial charge in [-0.25, -0.2) is 0 Å². The van der Waals surface area contributed by atoms with Crippen molar-refractivity contribution in [3.8, 4) is 23.0 Å². The van der Waals surface area contributed by atoms with Gasteiger partial charge in [0.15, 0.2) is 11.5 Å². The number of rotatable bonds is 2. The maximum absolute atomic E-state index is 10.7. The molecule has 5 heteroatoms. The zero-order valence-electron chi connectivity index (χ0n) is 16.1. The van der Waals surface area contributed by atoms with E-state index in [2.05, 4.69) is 4.99 Å². The van der Waals surface area contributed by atoms with Crippen LogP contribution in [0.5, 0.6) is 23.0 Å². The number of hydrogen-bond donors (Lipinski definition) is 4. The van der Waals surface area contributed by atoms with E-state index < -0.39 is 5.75 Å². The largest absolute Gasteiger partial charge is 0.507 e. The van der Waals surface area contributed by atoms with Crippen LogP contribution in [0.15, 0.2) is 29.3 Å². The molecule has 2 rings (SSSR count). The van der Waals surface area contributed by atoms with Crippen LogP contribution in [0.4, 0.5) is 5.69 Å². The first kappa shape index (κ1) is 19.6. The Morgan fingerprint density at radius 1 is 0.731 bits per heavy atom. The summed E-state index contributed by atoms with van der Waals surface area (Å²) in [6.07, 6.45) is 1.30. The highest BCUT2D eigenvalue weighted by atomic mass is 16.3. The van der Waals surface area contributed by atoms with Crippen LogP contribution in [0.1, 0.15) is 58.2 Å². The van der Waals surface area contributed by atoms with Gasteiger partial charge in [-0.3, -0.25) is 4.99 Å². The number of nitrogens with zero attached hydrogens (tertiary/aromatic N) is 1. The van der Waals surface area contributed by atoms with E-state index in [9.17, 15) is 20.4 Å². The lowest BCUT2D eigenvalue weighted by atomic mass is 9.79. The second-order valence-corrected chi connectivity index (χ2v) is 8.51. The minimum atomic E-state index is -0.431. The molecule has 0 aromatic heterocycles. The summed E-state index contributed by atoms with van der Waals surface area (Å²) in [5, 5.41) is 40.2. The molecule has 0 saturated carbocycles. The fraction of sp³-hybridized carbons (Fsp3) is 0.381. The fourth-order valence-electron chi connectivity index (χ4n) is 2.69. The Labute approximate surface area is 154 Å². The second-order valence-electron chi connectivity index (χ2n) is 8.51. The monoisotopic (exact) mass is 357 g/mol. The minimum absolute atomic E-state index is 0.0349. The summed E-state index contributed by atoms with van der Waals surface area (Å²) in [5.41, 5.74) is 1.57. The molecule has 0 unspecified atom stereocenters. The number of phenolic OH excluding ortho intramolecular Hbond substituents is 4. The number of benzene rings is 2. The highest BCUT2D eigenvalue weighted by Gasteiger charge is 2.26. The highest BCUT2D eigenvalue weighted by Crippen LogP contribution is 2.42. The first-order chi connectivity index (χ1) is 11.8. The predicted octanol–water partition coefficient (Wildman–Crippen LogP) is 4.85. The quantitative estimate of drug-likeness (QED) is 0.351. The Kier molecular flexibility index (Phi) is 4.95. The molecule has 0 amide bonds. The van der Waals surface area contributed by atoms with Crippen LogP contribution in [-0.2, 0) is 10.8 Å². The Hall–Kier alpha value is -2.69. The first-order valence-corrected chi connectivity index (χ1v) is 8.48. The molecule has 0 atom stereocenters. The summed E-state index contributed by atoms with van der Waals surface area (Å²) in [7, 11) is 0. The summed E-state index contributed by atoms with van der Waals surface area (Å²) >= 11 is 0. The van der Waals surface area contributed by atoms with E-state index in [1.807, 2.05) is 41.5 Å². The van der Waals surface area contributed by atoms with Crippen molar-refractivity contribution in [3.05, 3.63) is 41.0 Å². The van der Waals surface area contributed by atoms with E-state index in [0.717, 1.165) is 11.1 Å². The van der Waals surface area contributed by atoms with Crippen LogP contribution in [0.25, 0.3) is 0 Å². The maximum atomic E-state index is 10.7. The van der Waals surface area contributed by atoms with Crippen LogP contribution in [0, 0.1) is 0 Å². The minimum Gasteiger partial charge on any atom is -0.507 e. The molecule has 26 heavy (non-hydrogen) atoms. The standard InChI is InChI=1S/C21H27NO4/c1-20(2,3)14-9-12(10-15(19(14)26)21(4,5)6)22-11-13-16(23)7-8-17(24)18(13)25/h7-11,23-26H,1-6H3. The van der Waals surface area contributed by atoms with Gasteiger partial charge in [-0.2, -0.15) is 0 Å². The Balaban J connectivity index is 2.63. The smallest absolute Gasteiger partial charge is 0.170 e. The molecule has 0 saturated heterocycles. The summed E-state index contributed by atoms with van der Waals surface area (Å²) in [5.74, 6) is -0.692. The number of hydrogen-bond acceptors (Lipinski definition) is 5. The van der Waals surface area contributed by atoms with Gasteiger partial charge in [0.1, 0.15) is 11.5 Å². The van der Waals surface area contributed by atoms with Crippen LogP contribution in [-0.4, -0.2) is 26.6 Å². The van der Waals surface area contributed by atoms with Crippen molar-refractivity contribution in [1.82, 2.24) is 0 Å². The van der Waals surface area contributed by atoms with Gasteiger partial charge in [-0.05, 0) is 35.1 Å². The molecular weight excluding hydrogens is 330 g/mol. The molecule has 0 aliphatic carbocycles. The predicted molar refractivity (Wildman–Crippen MR) is 104 cm³/mol. The molecule has 2 aromatic carbocycles. The molecule has 140 valence electrons. The van der Waals surface area contributed by atoms with E-state index in [4.69, 9.17) is 0 Å². The van der Waals surface area contributed by atoms with Crippen LogP contribution < -0.4 is 0 Å². The summed E-state index contributed by atoms with van der Waals surface area (Å²) in [4.78, 5) is 4.36. The number of aromatic hydroxyl groups is 4. The van der Waals surface area contributed by atoms with Gasteiger partial charge in [0.25, 0.3) is 0 Å². The maximum Gasteiger partial charge on any atom is 0.170 e. The molecule has 0 radical (unpaired) electrons. The van der Waals surface area contributed by atoms with Crippen molar-refractivity contribution in [2.45, 2.75) is 52.4 Å². The second kappa shape index (κ2) is 6.56. The molecule has 0 heterocycles. The van der Waals surface area contributed by atoms with E-state index in [1.165, 1.54) is 18.3 Å². The van der Waals surface area contributed by atoms with Crippen LogP contribution in [0.3, 0.4) is 0 Å². The molecule has 0 aliphatic rings. The van der Waals surface area contributed by atoms with Crippen molar-refractivity contribution in [1.29, 1.82) is 0 Å². The zero-order valence-corrected chi connectivity index (χ0v) is 16.1. The van der Waals surface area contributed by atoms with Crippen molar-refractivity contribution in [2.75, 3.05) is 0 Å². The third-order valence-corrected chi connectivity index (χ3v) is 4.23. The van der Waals surface area contributed by atoms with Gasteiger partial charge < -0.3 is 20.4 Å². The average Bonchev–Trinajstić information content (AvgIpc) is 2.50. The Bertz CT molecular complexity index is 821. The molecule has 0 bridgehead atoms. The third-order valence-electron chi connectivity index (χ3n) is 4.23. The van der Waals surface area contributed by atoms with Crippen molar-refractivity contribution < 1.29 is 20.4 Å². The van der Waals surface area contributed by atoms with Gasteiger partial charge in [0.05, 0.1) is 11.3 Å². The Morgan fingerprint density at radius 3 is 1.65 bits per heavy atom. The lowest BCUT2D eigenvalue weighted by molar-refractivity contribution is 0.395. The molecule has 0 spiro atoms. The lowest BCUT2D eigenvalue weighted by Crippen LogP contribution is -2.16. The highest BCUT2D eigenvalue weighted by molar-refractivity contribution is 5.90. The zero-order chi connectivity index (χ0) is 19.9. The topological polar surface area (TPSA) is 93.3 Å². The SMILES string of the molecule is CC(C)(C)c1cc(N=Cc2c(O)ccc(O)c2O)cc(C(C)(C)C)c1O. The first-order valence-electron chi connectivity index (χ1n) is 8.48. The number of phenols is 4. The van der Waals surface area contributed by atoms with Gasteiger partial charge in [-0.15, -0.1) is 0 Å². The number of aliphatic imine (C=N–C) groups is 1. The van der Waals surface area contributed by atoms with Crippen LogP contribution in [0.2, 0.25) is 0 Å². The van der Waals surface area contributed by atoms with Gasteiger partial charge in [0.2, 0.25) is 0 Å².